The highest BCUT2D eigenvalue weighted by Crippen LogP contribution is 2.12. The van der Waals surface area contributed by atoms with Crippen LogP contribution in [0.4, 0.5) is 5.69 Å². The number of rotatable bonds is 7. The Morgan fingerprint density at radius 3 is 2.75 bits per heavy atom. The molecule has 0 aliphatic rings. The van der Waals surface area contributed by atoms with Crippen molar-refractivity contribution < 1.29 is 9.47 Å². The van der Waals surface area contributed by atoms with Gasteiger partial charge < -0.3 is 14.8 Å². The summed E-state index contributed by atoms with van der Waals surface area (Å²) in [6.07, 6.45) is 0.156. The molecule has 3 nitrogen and oxygen atoms in total. The number of anilines is 1. The average Bonchev–Trinajstić information content (AvgIpc) is 2.27. The van der Waals surface area contributed by atoms with Gasteiger partial charge in [0.05, 0.1) is 19.3 Å². The Hall–Kier alpha value is -1.06. The summed E-state index contributed by atoms with van der Waals surface area (Å²) in [6.45, 7) is 6.26. The maximum absolute atomic E-state index is 5.56. The maximum Gasteiger partial charge on any atom is 0.0781 e. The molecule has 1 unspecified atom stereocenters. The van der Waals surface area contributed by atoms with Crippen LogP contribution in [0.15, 0.2) is 24.3 Å². The summed E-state index contributed by atoms with van der Waals surface area (Å²) in [5, 5.41) is 3.34. The van der Waals surface area contributed by atoms with Gasteiger partial charge in [0.25, 0.3) is 0 Å². The summed E-state index contributed by atoms with van der Waals surface area (Å²) in [5.74, 6) is 0. The third-order valence-electron chi connectivity index (χ3n) is 2.37. The molecule has 1 aromatic rings. The summed E-state index contributed by atoms with van der Waals surface area (Å²) >= 11 is 0. The van der Waals surface area contributed by atoms with Crippen molar-refractivity contribution in [2.45, 2.75) is 20.0 Å². The molecule has 0 amide bonds. The molecule has 0 aromatic heterocycles. The van der Waals surface area contributed by atoms with E-state index in [9.17, 15) is 0 Å². The van der Waals surface area contributed by atoms with Gasteiger partial charge >= 0.3 is 0 Å². The van der Waals surface area contributed by atoms with Gasteiger partial charge in [-0.05, 0) is 25.5 Å². The van der Waals surface area contributed by atoms with Gasteiger partial charge in [-0.2, -0.15) is 0 Å². The fourth-order valence-electron chi connectivity index (χ4n) is 1.50. The van der Waals surface area contributed by atoms with Crippen LogP contribution in [-0.2, 0) is 9.47 Å². The van der Waals surface area contributed by atoms with E-state index in [1.807, 2.05) is 19.1 Å². The minimum atomic E-state index is 0.156. The highest BCUT2D eigenvalue weighted by atomic mass is 16.5. The predicted octanol–water partition coefficient (Wildman–Crippen LogP) is 2.46. The van der Waals surface area contributed by atoms with Crippen molar-refractivity contribution in [1.29, 1.82) is 0 Å². The molecular formula is C13H21NO2. The zero-order chi connectivity index (χ0) is 11.8. The van der Waals surface area contributed by atoms with Crippen LogP contribution in [0, 0.1) is 6.92 Å². The van der Waals surface area contributed by atoms with Crippen LogP contribution >= 0.6 is 0 Å². The van der Waals surface area contributed by atoms with Crippen molar-refractivity contribution in [3.8, 4) is 0 Å². The Morgan fingerprint density at radius 1 is 1.31 bits per heavy atom. The topological polar surface area (TPSA) is 30.5 Å². The van der Waals surface area contributed by atoms with Gasteiger partial charge in [-0.25, -0.2) is 0 Å². The molecule has 0 aliphatic carbocycles. The third-order valence-corrected chi connectivity index (χ3v) is 2.37. The molecular weight excluding hydrogens is 202 g/mol. The van der Waals surface area contributed by atoms with Crippen molar-refractivity contribution >= 4 is 5.69 Å². The predicted molar refractivity (Wildman–Crippen MR) is 67.0 cm³/mol. The highest BCUT2D eigenvalue weighted by molar-refractivity contribution is 5.50. The molecule has 1 aromatic carbocycles. The summed E-state index contributed by atoms with van der Waals surface area (Å²) in [4.78, 5) is 0. The molecule has 0 saturated carbocycles. The monoisotopic (exact) mass is 223 g/mol. The first-order valence-corrected chi connectivity index (χ1v) is 5.64. The first kappa shape index (κ1) is 13.0. The van der Waals surface area contributed by atoms with Gasteiger partial charge in [-0.3, -0.25) is 0 Å². The molecule has 0 saturated heterocycles. The number of ether oxygens (including phenoxy) is 2. The average molecular weight is 223 g/mol. The third kappa shape index (κ3) is 4.64. The number of nitrogens with one attached hydrogen (secondary N) is 1. The Morgan fingerprint density at radius 2 is 2.06 bits per heavy atom. The SMILES string of the molecule is COCC(C)OCCNc1ccccc1C. The quantitative estimate of drug-likeness (QED) is 0.720. The fourth-order valence-corrected chi connectivity index (χ4v) is 1.50. The van der Waals surface area contributed by atoms with Crippen LogP contribution in [0.25, 0.3) is 0 Å². The van der Waals surface area contributed by atoms with E-state index in [0.29, 0.717) is 13.2 Å². The number of hydrogen-bond acceptors (Lipinski definition) is 3. The molecule has 1 N–H and O–H groups in total. The first-order chi connectivity index (χ1) is 7.74. The molecule has 0 bridgehead atoms. The number of methoxy groups -OCH3 is 1. The summed E-state index contributed by atoms with van der Waals surface area (Å²) < 4.78 is 10.5. The van der Waals surface area contributed by atoms with Gasteiger partial charge in [0, 0.05) is 19.3 Å². The molecule has 1 rings (SSSR count). The van der Waals surface area contributed by atoms with Gasteiger partial charge in [-0.15, -0.1) is 0 Å². The van der Waals surface area contributed by atoms with E-state index in [1.165, 1.54) is 11.3 Å². The first-order valence-electron chi connectivity index (χ1n) is 5.64. The zero-order valence-corrected chi connectivity index (χ0v) is 10.3. The minimum absolute atomic E-state index is 0.156. The molecule has 1 atom stereocenters. The summed E-state index contributed by atoms with van der Waals surface area (Å²) in [6, 6.07) is 8.24. The number of hydrogen-bond donors (Lipinski definition) is 1. The molecule has 0 radical (unpaired) electrons. The second kappa shape index (κ2) is 7.25. The molecule has 16 heavy (non-hydrogen) atoms. The maximum atomic E-state index is 5.56. The van der Waals surface area contributed by atoms with E-state index >= 15 is 0 Å². The Labute approximate surface area is 97.8 Å². The molecule has 0 aliphatic heterocycles. The summed E-state index contributed by atoms with van der Waals surface area (Å²) in [7, 11) is 1.69. The van der Waals surface area contributed by atoms with Crippen molar-refractivity contribution in [3.05, 3.63) is 29.8 Å². The Balaban J connectivity index is 2.19. The molecule has 90 valence electrons. The lowest BCUT2D eigenvalue weighted by atomic mass is 10.2. The lowest BCUT2D eigenvalue weighted by Gasteiger charge is -2.13. The standard InChI is InChI=1S/C13H21NO2/c1-11-6-4-5-7-13(11)14-8-9-16-12(2)10-15-3/h4-7,12,14H,8-10H2,1-3H3. The van der Waals surface area contributed by atoms with E-state index in [0.717, 1.165) is 6.54 Å². The zero-order valence-electron chi connectivity index (χ0n) is 10.3. The van der Waals surface area contributed by atoms with Gasteiger partial charge in [-0.1, -0.05) is 18.2 Å². The van der Waals surface area contributed by atoms with Gasteiger partial charge in [0.2, 0.25) is 0 Å². The van der Waals surface area contributed by atoms with Crippen LogP contribution in [-0.4, -0.2) is 33.0 Å². The van der Waals surface area contributed by atoms with Crippen molar-refractivity contribution in [3.63, 3.8) is 0 Å². The van der Waals surface area contributed by atoms with Crippen LogP contribution < -0.4 is 5.32 Å². The molecule has 0 spiro atoms. The van der Waals surface area contributed by atoms with Crippen molar-refractivity contribution in [2.75, 3.05) is 32.2 Å². The van der Waals surface area contributed by atoms with Gasteiger partial charge in [0.1, 0.15) is 0 Å². The minimum Gasteiger partial charge on any atom is -0.383 e. The van der Waals surface area contributed by atoms with E-state index in [2.05, 4.69) is 24.4 Å². The Kier molecular flexibility index (Phi) is 5.90. The number of para-hydroxylation sites is 1. The molecule has 0 fully saturated rings. The summed E-state index contributed by atoms with van der Waals surface area (Å²) in [5.41, 5.74) is 2.43. The number of aryl methyl sites for hydroxylation is 1. The van der Waals surface area contributed by atoms with Gasteiger partial charge in [0.15, 0.2) is 0 Å². The van der Waals surface area contributed by atoms with E-state index in [4.69, 9.17) is 9.47 Å². The van der Waals surface area contributed by atoms with E-state index in [1.54, 1.807) is 7.11 Å². The Bertz CT molecular complexity index is 302. The second-order valence-electron chi connectivity index (χ2n) is 3.88. The van der Waals surface area contributed by atoms with Crippen molar-refractivity contribution in [1.82, 2.24) is 0 Å². The lowest BCUT2D eigenvalue weighted by Crippen LogP contribution is -2.19. The molecule has 3 heteroatoms. The highest BCUT2D eigenvalue weighted by Gasteiger charge is 2.00. The normalized spacial score (nSPS) is 12.4. The van der Waals surface area contributed by atoms with E-state index in [-0.39, 0.29) is 6.10 Å². The van der Waals surface area contributed by atoms with Crippen LogP contribution in [0.3, 0.4) is 0 Å². The fraction of sp³-hybridized carbons (Fsp3) is 0.538. The molecule has 0 heterocycles. The van der Waals surface area contributed by atoms with Crippen LogP contribution in [0.2, 0.25) is 0 Å². The number of benzene rings is 1. The smallest absolute Gasteiger partial charge is 0.0781 e. The van der Waals surface area contributed by atoms with E-state index < -0.39 is 0 Å². The van der Waals surface area contributed by atoms with Crippen LogP contribution in [0.5, 0.6) is 0 Å². The second-order valence-corrected chi connectivity index (χ2v) is 3.88. The lowest BCUT2D eigenvalue weighted by molar-refractivity contribution is 0.0140. The van der Waals surface area contributed by atoms with Crippen molar-refractivity contribution in [2.24, 2.45) is 0 Å². The van der Waals surface area contributed by atoms with Crippen LogP contribution in [0.1, 0.15) is 12.5 Å². The largest absolute Gasteiger partial charge is 0.383 e.